The number of piperidine rings is 1. The van der Waals surface area contributed by atoms with E-state index in [1.54, 1.807) is 0 Å². The molecule has 0 aromatic rings. The smallest absolute Gasteiger partial charge is 0.306 e. The fraction of sp³-hybridized carbons (Fsp3) is 0.923. The van der Waals surface area contributed by atoms with Gasteiger partial charge in [-0.1, -0.05) is 0 Å². The molecule has 1 N–H and O–H groups in total. The van der Waals surface area contributed by atoms with Crippen molar-refractivity contribution in [1.29, 1.82) is 0 Å². The van der Waals surface area contributed by atoms with Crippen LogP contribution in [0.3, 0.4) is 0 Å². The van der Waals surface area contributed by atoms with Crippen LogP contribution in [-0.2, 0) is 4.79 Å². The van der Waals surface area contributed by atoms with Gasteiger partial charge in [0.25, 0.3) is 0 Å². The maximum Gasteiger partial charge on any atom is 0.306 e. The molecule has 16 heavy (non-hydrogen) atoms. The van der Waals surface area contributed by atoms with E-state index in [-0.39, 0.29) is 11.5 Å². The van der Waals surface area contributed by atoms with Crippen molar-refractivity contribution >= 4 is 5.97 Å². The Kier molecular flexibility index (Phi) is 2.99. The molecule has 0 amide bonds. The standard InChI is InChI=1S/C13H23NO2/c1-13(2,3)14-7-9-4-10(8-14)6-11(5-9)12(15)16/h9-11H,4-8H2,1-3H3,(H,15,16). The lowest BCUT2D eigenvalue weighted by atomic mass is 9.71. The highest BCUT2D eigenvalue weighted by Gasteiger charge is 2.40. The number of hydrogen-bond donors (Lipinski definition) is 1. The summed E-state index contributed by atoms with van der Waals surface area (Å²) in [5.74, 6) is 0.547. The number of hydrogen-bond acceptors (Lipinski definition) is 2. The summed E-state index contributed by atoms with van der Waals surface area (Å²) in [5, 5.41) is 9.11. The molecule has 1 aliphatic heterocycles. The van der Waals surface area contributed by atoms with Crippen LogP contribution >= 0.6 is 0 Å². The molecule has 0 aromatic carbocycles. The van der Waals surface area contributed by atoms with Gasteiger partial charge in [-0.15, -0.1) is 0 Å². The maximum absolute atomic E-state index is 11.1. The van der Waals surface area contributed by atoms with Gasteiger partial charge < -0.3 is 5.11 Å². The van der Waals surface area contributed by atoms with Gasteiger partial charge in [0.2, 0.25) is 0 Å². The van der Waals surface area contributed by atoms with Gasteiger partial charge in [-0.2, -0.15) is 0 Å². The van der Waals surface area contributed by atoms with Gasteiger partial charge in [0.1, 0.15) is 0 Å². The van der Waals surface area contributed by atoms with Gasteiger partial charge in [0.05, 0.1) is 5.92 Å². The van der Waals surface area contributed by atoms with Crippen molar-refractivity contribution in [2.24, 2.45) is 17.8 Å². The number of carbonyl (C=O) groups is 1. The SMILES string of the molecule is CC(C)(C)N1CC2CC(CC(C(=O)O)C2)C1. The Morgan fingerprint density at radius 2 is 1.62 bits per heavy atom. The van der Waals surface area contributed by atoms with E-state index in [4.69, 9.17) is 5.11 Å². The lowest BCUT2D eigenvalue weighted by Crippen LogP contribution is -2.52. The van der Waals surface area contributed by atoms with Crippen LogP contribution in [0.4, 0.5) is 0 Å². The first kappa shape index (κ1) is 11.9. The zero-order valence-corrected chi connectivity index (χ0v) is 10.6. The Balaban J connectivity index is 2.03. The summed E-state index contributed by atoms with van der Waals surface area (Å²) in [6.07, 6.45) is 3.02. The minimum atomic E-state index is -0.584. The quantitative estimate of drug-likeness (QED) is 0.744. The fourth-order valence-corrected chi connectivity index (χ4v) is 3.31. The molecule has 0 spiro atoms. The summed E-state index contributed by atoms with van der Waals surface area (Å²) in [4.78, 5) is 13.6. The molecule has 1 saturated carbocycles. The lowest BCUT2D eigenvalue weighted by Gasteiger charge is -2.48. The Morgan fingerprint density at radius 1 is 1.12 bits per heavy atom. The molecular formula is C13H23NO2. The molecule has 0 aromatic heterocycles. The Morgan fingerprint density at radius 3 is 2.00 bits per heavy atom. The van der Waals surface area contributed by atoms with Crippen LogP contribution in [0, 0.1) is 17.8 Å². The van der Waals surface area contributed by atoms with E-state index in [9.17, 15) is 4.79 Å². The van der Waals surface area contributed by atoms with Crippen LogP contribution < -0.4 is 0 Å². The number of rotatable bonds is 1. The second-order valence-electron chi connectivity index (χ2n) is 6.55. The van der Waals surface area contributed by atoms with Crippen LogP contribution in [0.25, 0.3) is 0 Å². The summed E-state index contributed by atoms with van der Waals surface area (Å²) < 4.78 is 0. The first-order chi connectivity index (χ1) is 7.36. The maximum atomic E-state index is 11.1. The van der Waals surface area contributed by atoms with Crippen LogP contribution in [0.2, 0.25) is 0 Å². The number of likely N-dealkylation sites (tertiary alicyclic amines) is 1. The third kappa shape index (κ3) is 2.40. The van der Waals surface area contributed by atoms with E-state index in [0.717, 1.165) is 25.9 Å². The van der Waals surface area contributed by atoms with E-state index in [0.29, 0.717) is 11.8 Å². The van der Waals surface area contributed by atoms with Crippen molar-refractivity contribution < 1.29 is 9.90 Å². The predicted octanol–water partition coefficient (Wildman–Crippen LogP) is 2.22. The lowest BCUT2D eigenvalue weighted by molar-refractivity contribution is -0.145. The van der Waals surface area contributed by atoms with Crippen LogP contribution in [-0.4, -0.2) is 34.6 Å². The zero-order valence-electron chi connectivity index (χ0n) is 10.6. The van der Waals surface area contributed by atoms with Gasteiger partial charge in [0, 0.05) is 18.6 Å². The average molecular weight is 225 g/mol. The molecule has 1 aliphatic carbocycles. The van der Waals surface area contributed by atoms with E-state index in [1.807, 2.05) is 0 Å². The minimum Gasteiger partial charge on any atom is -0.481 e. The highest BCUT2D eigenvalue weighted by molar-refractivity contribution is 5.70. The third-order valence-electron chi connectivity index (χ3n) is 4.16. The predicted molar refractivity (Wildman–Crippen MR) is 63.3 cm³/mol. The topological polar surface area (TPSA) is 40.5 Å². The van der Waals surface area contributed by atoms with Gasteiger partial charge in [-0.05, 0) is 51.9 Å². The largest absolute Gasteiger partial charge is 0.481 e. The molecule has 2 atom stereocenters. The normalized spacial score (nSPS) is 36.1. The van der Waals surface area contributed by atoms with Crippen LogP contribution in [0.1, 0.15) is 40.0 Å². The van der Waals surface area contributed by atoms with E-state index >= 15 is 0 Å². The van der Waals surface area contributed by atoms with Crippen molar-refractivity contribution in [3.8, 4) is 0 Å². The van der Waals surface area contributed by atoms with E-state index in [2.05, 4.69) is 25.7 Å². The van der Waals surface area contributed by atoms with Crippen molar-refractivity contribution in [3.63, 3.8) is 0 Å². The van der Waals surface area contributed by atoms with Crippen molar-refractivity contribution in [3.05, 3.63) is 0 Å². The molecule has 1 saturated heterocycles. The van der Waals surface area contributed by atoms with Crippen LogP contribution in [0.5, 0.6) is 0 Å². The second-order valence-corrected chi connectivity index (χ2v) is 6.55. The monoisotopic (exact) mass is 225 g/mol. The highest BCUT2D eigenvalue weighted by Crippen LogP contribution is 2.39. The molecule has 2 bridgehead atoms. The minimum absolute atomic E-state index is 0.0779. The molecule has 2 fully saturated rings. The summed E-state index contributed by atoms with van der Waals surface area (Å²) in [5.41, 5.74) is 0.229. The molecular weight excluding hydrogens is 202 g/mol. The van der Waals surface area contributed by atoms with Crippen molar-refractivity contribution in [2.45, 2.75) is 45.6 Å². The summed E-state index contributed by atoms with van der Waals surface area (Å²) in [7, 11) is 0. The number of nitrogens with zero attached hydrogens (tertiary/aromatic N) is 1. The Bertz CT molecular complexity index is 268. The molecule has 0 radical (unpaired) electrons. The number of carboxylic acid groups (broad SMARTS) is 1. The van der Waals surface area contributed by atoms with Gasteiger partial charge >= 0.3 is 5.97 Å². The highest BCUT2D eigenvalue weighted by atomic mass is 16.4. The zero-order chi connectivity index (χ0) is 11.9. The van der Waals surface area contributed by atoms with Crippen molar-refractivity contribution in [2.75, 3.05) is 13.1 Å². The molecule has 2 unspecified atom stereocenters. The molecule has 2 rings (SSSR count). The van der Waals surface area contributed by atoms with Gasteiger partial charge in [0.15, 0.2) is 0 Å². The number of fused-ring (bicyclic) bond motifs is 2. The Labute approximate surface area is 97.8 Å². The summed E-state index contributed by atoms with van der Waals surface area (Å²) in [6, 6.07) is 0. The van der Waals surface area contributed by atoms with E-state index < -0.39 is 5.97 Å². The molecule has 92 valence electrons. The fourth-order valence-electron chi connectivity index (χ4n) is 3.31. The molecule has 1 heterocycles. The van der Waals surface area contributed by atoms with Crippen molar-refractivity contribution in [1.82, 2.24) is 4.90 Å². The third-order valence-corrected chi connectivity index (χ3v) is 4.16. The average Bonchev–Trinajstić information content (AvgIpc) is 2.14. The summed E-state index contributed by atoms with van der Waals surface area (Å²) >= 11 is 0. The summed E-state index contributed by atoms with van der Waals surface area (Å²) in [6.45, 7) is 8.93. The van der Waals surface area contributed by atoms with Gasteiger partial charge in [-0.25, -0.2) is 0 Å². The van der Waals surface area contributed by atoms with E-state index in [1.165, 1.54) is 6.42 Å². The van der Waals surface area contributed by atoms with Crippen LogP contribution in [0.15, 0.2) is 0 Å². The Hall–Kier alpha value is -0.570. The number of carboxylic acids is 1. The molecule has 2 aliphatic rings. The van der Waals surface area contributed by atoms with Gasteiger partial charge in [-0.3, -0.25) is 9.69 Å². The molecule has 3 nitrogen and oxygen atoms in total. The first-order valence-corrected chi connectivity index (χ1v) is 6.34. The second kappa shape index (κ2) is 4.02. The molecule has 3 heteroatoms. The number of aliphatic carboxylic acids is 1. The first-order valence-electron chi connectivity index (χ1n) is 6.34.